The fourth-order valence-electron chi connectivity index (χ4n) is 1.39. The van der Waals surface area contributed by atoms with Gasteiger partial charge in [-0.1, -0.05) is 36.4 Å². The number of pyridine rings is 1. The van der Waals surface area contributed by atoms with Crippen molar-refractivity contribution >= 4 is 11.6 Å². The summed E-state index contributed by atoms with van der Waals surface area (Å²) in [7, 11) is 0. The van der Waals surface area contributed by atoms with Crippen LogP contribution in [0.15, 0.2) is 64.9 Å². The van der Waals surface area contributed by atoms with Crippen LogP contribution < -0.4 is 5.11 Å². The molecule has 0 aliphatic heterocycles. The van der Waals surface area contributed by atoms with Crippen molar-refractivity contribution in [1.29, 1.82) is 0 Å². The SMILES string of the molecule is C/C(=N/N=C([O-])c1ccccc1)c1ccccn1. The van der Waals surface area contributed by atoms with Crippen molar-refractivity contribution in [1.82, 2.24) is 4.98 Å². The minimum Gasteiger partial charge on any atom is -0.857 e. The predicted molar refractivity (Wildman–Crippen MR) is 69.4 cm³/mol. The molecule has 2 aromatic rings. The van der Waals surface area contributed by atoms with E-state index in [2.05, 4.69) is 15.2 Å². The molecule has 0 unspecified atom stereocenters. The molecule has 18 heavy (non-hydrogen) atoms. The number of benzene rings is 1. The first-order chi connectivity index (χ1) is 8.77. The molecule has 4 heteroatoms. The molecule has 90 valence electrons. The zero-order chi connectivity index (χ0) is 12.8. The highest BCUT2D eigenvalue weighted by Crippen LogP contribution is 2.00. The molecule has 0 bridgehead atoms. The second-order valence-electron chi connectivity index (χ2n) is 3.67. The van der Waals surface area contributed by atoms with Gasteiger partial charge in [-0.05, 0) is 24.6 Å². The van der Waals surface area contributed by atoms with Crippen molar-refractivity contribution in [2.45, 2.75) is 6.92 Å². The molecule has 0 spiro atoms. The highest BCUT2D eigenvalue weighted by molar-refractivity contribution is 5.98. The van der Waals surface area contributed by atoms with E-state index < -0.39 is 0 Å². The molecule has 0 saturated heterocycles. The van der Waals surface area contributed by atoms with E-state index in [1.165, 1.54) is 0 Å². The number of hydrogen-bond acceptors (Lipinski definition) is 4. The molecule has 0 saturated carbocycles. The third kappa shape index (κ3) is 3.01. The largest absolute Gasteiger partial charge is 0.857 e. The average Bonchev–Trinajstić information content (AvgIpc) is 2.46. The van der Waals surface area contributed by atoms with E-state index in [1.54, 1.807) is 37.4 Å². The van der Waals surface area contributed by atoms with Crippen LogP contribution in [0.25, 0.3) is 0 Å². The normalized spacial score (nSPS) is 12.5. The third-order valence-corrected chi connectivity index (χ3v) is 2.35. The first-order valence-electron chi connectivity index (χ1n) is 5.53. The van der Waals surface area contributed by atoms with Gasteiger partial charge in [0.2, 0.25) is 0 Å². The van der Waals surface area contributed by atoms with Crippen molar-refractivity contribution in [3.05, 3.63) is 66.0 Å². The molecule has 0 N–H and O–H groups in total. The molecule has 2 rings (SSSR count). The van der Waals surface area contributed by atoms with Crippen LogP contribution >= 0.6 is 0 Å². The number of aromatic nitrogens is 1. The van der Waals surface area contributed by atoms with Gasteiger partial charge >= 0.3 is 0 Å². The lowest BCUT2D eigenvalue weighted by Crippen LogP contribution is -2.18. The highest BCUT2D eigenvalue weighted by Gasteiger charge is 1.96. The van der Waals surface area contributed by atoms with Crippen molar-refractivity contribution in [2.75, 3.05) is 0 Å². The fraction of sp³-hybridized carbons (Fsp3) is 0.0714. The molecule has 1 heterocycles. The molecule has 0 aliphatic carbocycles. The van der Waals surface area contributed by atoms with Crippen molar-refractivity contribution in [2.24, 2.45) is 10.2 Å². The van der Waals surface area contributed by atoms with E-state index in [1.807, 2.05) is 24.3 Å². The molecular formula is C14H12N3O-. The molecular weight excluding hydrogens is 226 g/mol. The molecule has 0 radical (unpaired) electrons. The third-order valence-electron chi connectivity index (χ3n) is 2.35. The van der Waals surface area contributed by atoms with Crippen molar-refractivity contribution < 1.29 is 5.11 Å². The molecule has 0 aliphatic rings. The van der Waals surface area contributed by atoms with E-state index in [9.17, 15) is 5.11 Å². The highest BCUT2D eigenvalue weighted by atomic mass is 16.3. The Labute approximate surface area is 105 Å². The zero-order valence-electron chi connectivity index (χ0n) is 9.95. The Morgan fingerprint density at radius 3 is 2.39 bits per heavy atom. The van der Waals surface area contributed by atoms with E-state index in [-0.39, 0.29) is 5.90 Å². The topological polar surface area (TPSA) is 60.7 Å². The summed E-state index contributed by atoms with van der Waals surface area (Å²) < 4.78 is 0. The average molecular weight is 238 g/mol. The summed E-state index contributed by atoms with van der Waals surface area (Å²) in [5.41, 5.74) is 1.84. The van der Waals surface area contributed by atoms with Crippen LogP contribution in [0.2, 0.25) is 0 Å². The van der Waals surface area contributed by atoms with E-state index in [0.717, 1.165) is 0 Å². The van der Waals surface area contributed by atoms with Gasteiger partial charge in [-0.15, -0.1) is 0 Å². The van der Waals surface area contributed by atoms with Gasteiger partial charge in [0.05, 0.1) is 11.4 Å². The predicted octanol–water partition coefficient (Wildman–Crippen LogP) is 1.61. The summed E-state index contributed by atoms with van der Waals surface area (Å²) in [6.45, 7) is 1.77. The van der Waals surface area contributed by atoms with E-state index in [4.69, 9.17) is 0 Å². The lowest BCUT2D eigenvalue weighted by Gasteiger charge is -2.07. The molecule has 0 atom stereocenters. The summed E-state index contributed by atoms with van der Waals surface area (Å²) in [5, 5.41) is 19.3. The Morgan fingerprint density at radius 2 is 1.72 bits per heavy atom. The van der Waals surface area contributed by atoms with Gasteiger partial charge in [0.15, 0.2) is 0 Å². The standard InChI is InChI=1S/C14H13N3O/c1-11(13-9-5-6-10-15-13)16-17-14(18)12-7-3-2-4-8-12/h2-10H,1H3,(H,17,18)/p-1/b16-11-. The smallest absolute Gasteiger partial charge is 0.0860 e. The molecule has 1 aromatic carbocycles. The maximum Gasteiger partial charge on any atom is 0.0860 e. The lowest BCUT2D eigenvalue weighted by molar-refractivity contribution is -0.213. The van der Waals surface area contributed by atoms with E-state index >= 15 is 0 Å². The van der Waals surface area contributed by atoms with Crippen LogP contribution in [-0.2, 0) is 0 Å². The quantitative estimate of drug-likeness (QED) is 0.463. The van der Waals surface area contributed by atoms with Crippen LogP contribution in [0.4, 0.5) is 0 Å². The fourth-order valence-corrected chi connectivity index (χ4v) is 1.39. The Kier molecular flexibility index (Phi) is 3.81. The van der Waals surface area contributed by atoms with Gasteiger partial charge in [-0.2, -0.15) is 10.2 Å². The van der Waals surface area contributed by atoms with Crippen LogP contribution in [0.1, 0.15) is 18.2 Å². The number of rotatable bonds is 3. The summed E-state index contributed by atoms with van der Waals surface area (Å²) in [5.74, 6) is -0.356. The van der Waals surface area contributed by atoms with Crippen molar-refractivity contribution in [3.63, 3.8) is 0 Å². The molecule has 1 aromatic heterocycles. The summed E-state index contributed by atoms with van der Waals surface area (Å²) in [6.07, 6.45) is 1.67. The van der Waals surface area contributed by atoms with Crippen LogP contribution in [0.5, 0.6) is 0 Å². The van der Waals surface area contributed by atoms with Gasteiger partial charge < -0.3 is 5.11 Å². The van der Waals surface area contributed by atoms with Crippen molar-refractivity contribution in [3.8, 4) is 0 Å². The maximum atomic E-state index is 11.7. The Balaban J connectivity index is 2.20. The van der Waals surface area contributed by atoms with Crippen LogP contribution in [0.3, 0.4) is 0 Å². The summed E-state index contributed by atoms with van der Waals surface area (Å²) >= 11 is 0. The number of nitrogens with zero attached hydrogens (tertiary/aromatic N) is 3. The second-order valence-corrected chi connectivity index (χ2v) is 3.67. The first kappa shape index (κ1) is 12.0. The van der Waals surface area contributed by atoms with Gasteiger partial charge in [-0.3, -0.25) is 4.98 Å². The molecule has 4 nitrogen and oxygen atoms in total. The zero-order valence-corrected chi connectivity index (χ0v) is 9.95. The Morgan fingerprint density at radius 1 is 1.00 bits per heavy atom. The summed E-state index contributed by atoms with van der Waals surface area (Å²) in [6, 6.07) is 14.3. The lowest BCUT2D eigenvalue weighted by atomic mass is 10.2. The monoisotopic (exact) mass is 238 g/mol. The van der Waals surface area contributed by atoms with Crippen LogP contribution in [0, 0.1) is 0 Å². The minimum absolute atomic E-state index is 0.356. The van der Waals surface area contributed by atoms with Gasteiger partial charge in [0, 0.05) is 12.1 Å². The molecule has 0 fully saturated rings. The first-order valence-corrected chi connectivity index (χ1v) is 5.53. The minimum atomic E-state index is -0.356. The van der Waals surface area contributed by atoms with Gasteiger partial charge in [-0.25, -0.2) is 0 Å². The number of hydrogen-bond donors (Lipinski definition) is 0. The second kappa shape index (κ2) is 5.72. The van der Waals surface area contributed by atoms with Gasteiger partial charge in [0.25, 0.3) is 0 Å². The van der Waals surface area contributed by atoms with Crippen LogP contribution in [-0.4, -0.2) is 16.6 Å². The maximum absolute atomic E-state index is 11.7. The molecule has 0 amide bonds. The van der Waals surface area contributed by atoms with Gasteiger partial charge in [0.1, 0.15) is 0 Å². The Hall–Kier alpha value is -2.49. The van der Waals surface area contributed by atoms with E-state index in [0.29, 0.717) is 17.0 Å². The summed E-state index contributed by atoms with van der Waals surface area (Å²) in [4.78, 5) is 4.13. The Bertz CT molecular complexity index is 509.